The largest absolute Gasteiger partial charge is 0.463 e. The molecule has 1 rings (SSSR count). The summed E-state index contributed by atoms with van der Waals surface area (Å²) in [6.45, 7) is 2.23. The summed E-state index contributed by atoms with van der Waals surface area (Å²) in [5.74, 6) is -0.226. The highest BCUT2D eigenvalue weighted by Crippen LogP contribution is 2.10. The maximum absolute atomic E-state index is 11.5. The van der Waals surface area contributed by atoms with Crippen molar-refractivity contribution in [3.05, 3.63) is 41.5 Å². The van der Waals surface area contributed by atoms with Crippen LogP contribution < -0.4 is 0 Å². The van der Waals surface area contributed by atoms with Crippen LogP contribution in [0.5, 0.6) is 0 Å². The van der Waals surface area contributed by atoms with E-state index in [2.05, 4.69) is 22.6 Å². The molecule has 0 bridgehead atoms. The quantitative estimate of drug-likeness (QED) is 0.369. The van der Waals surface area contributed by atoms with Crippen molar-refractivity contribution in [1.82, 2.24) is 0 Å². The van der Waals surface area contributed by atoms with Gasteiger partial charge in [-0.2, -0.15) is 0 Å². The lowest BCUT2D eigenvalue weighted by Gasteiger charge is -2.03. The van der Waals surface area contributed by atoms with Gasteiger partial charge in [0.05, 0.1) is 6.61 Å². The van der Waals surface area contributed by atoms with Gasteiger partial charge in [-0.3, -0.25) is 0 Å². The molecule has 0 saturated heterocycles. The van der Waals surface area contributed by atoms with E-state index in [4.69, 9.17) is 4.74 Å². The fraction of sp³-hybridized carbons (Fsp3) is 0.250. The standard InChI is InChI=1S/C12H13IO2/c1-2-15-12(14)11(9-13)8-10-6-4-3-5-7-10/h3-8H,2,9H2,1H3/b11-8-. The van der Waals surface area contributed by atoms with E-state index in [9.17, 15) is 4.79 Å². The van der Waals surface area contributed by atoms with Gasteiger partial charge in [0.15, 0.2) is 0 Å². The molecule has 15 heavy (non-hydrogen) atoms. The molecule has 1 aromatic rings. The van der Waals surface area contributed by atoms with Gasteiger partial charge in [0.1, 0.15) is 0 Å². The Morgan fingerprint density at radius 3 is 2.60 bits per heavy atom. The molecule has 0 aliphatic rings. The average molecular weight is 316 g/mol. The summed E-state index contributed by atoms with van der Waals surface area (Å²) in [4.78, 5) is 11.5. The Morgan fingerprint density at radius 2 is 2.07 bits per heavy atom. The van der Waals surface area contributed by atoms with E-state index in [1.165, 1.54) is 0 Å². The van der Waals surface area contributed by atoms with Gasteiger partial charge < -0.3 is 4.74 Å². The van der Waals surface area contributed by atoms with Crippen molar-refractivity contribution in [2.75, 3.05) is 11.0 Å². The molecule has 0 radical (unpaired) electrons. The molecule has 0 spiro atoms. The number of alkyl halides is 1. The Bertz CT molecular complexity index is 344. The highest BCUT2D eigenvalue weighted by Gasteiger charge is 2.08. The molecular formula is C12H13IO2. The van der Waals surface area contributed by atoms with Gasteiger partial charge in [-0.15, -0.1) is 0 Å². The normalized spacial score (nSPS) is 11.2. The van der Waals surface area contributed by atoms with Crippen molar-refractivity contribution < 1.29 is 9.53 Å². The minimum atomic E-state index is -0.226. The van der Waals surface area contributed by atoms with Crippen LogP contribution in [0.25, 0.3) is 6.08 Å². The lowest BCUT2D eigenvalue weighted by molar-refractivity contribution is -0.138. The summed E-state index contributed by atoms with van der Waals surface area (Å²) >= 11 is 2.16. The number of benzene rings is 1. The molecule has 0 fully saturated rings. The molecule has 0 aliphatic heterocycles. The first-order valence-corrected chi connectivity index (χ1v) is 6.29. The predicted molar refractivity (Wildman–Crippen MR) is 69.9 cm³/mol. The number of hydrogen-bond donors (Lipinski definition) is 0. The van der Waals surface area contributed by atoms with Gasteiger partial charge in [-0.1, -0.05) is 52.9 Å². The smallest absolute Gasteiger partial charge is 0.334 e. The zero-order valence-corrected chi connectivity index (χ0v) is 10.7. The molecule has 0 N–H and O–H groups in total. The summed E-state index contributed by atoms with van der Waals surface area (Å²) in [6.07, 6.45) is 1.87. The molecular weight excluding hydrogens is 303 g/mol. The summed E-state index contributed by atoms with van der Waals surface area (Å²) in [7, 11) is 0. The molecule has 3 heteroatoms. The Morgan fingerprint density at radius 1 is 1.40 bits per heavy atom. The number of ether oxygens (including phenoxy) is 1. The van der Waals surface area contributed by atoms with E-state index >= 15 is 0 Å². The Labute approximate surface area is 103 Å². The number of esters is 1. The SMILES string of the molecule is CCOC(=O)/C(=C\c1ccccc1)CI. The molecule has 0 unspecified atom stereocenters. The molecule has 0 aliphatic carbocycles. The second-order valence-electron chi connectivity index (χ2n) is 2.93. The third kappa shape index (κ3) is 4.03. The van der Waals surface area contributed by atoms with Crippen LogP contribution in [-0.2, 0) is 9.53 Å². The van der Waals surface area contributed by atoms with Gasteiger partial charge in [0.25, 0.3) is 0 Å². The summed E-state index contributed by atoms with van der Waals surface area (Å²) in [5.41, 5.74) is 1.72. The highest BCUT2D eigenvalue weighted by atomic mass is 127. The van der Waals surface area contributed by atoms with Crippen molar-refractivity contribution in [2.24, 2.45) is 0 Å². The highest BCUT2D eigenvalue weighted by molar-refractivity contribution is 14.1. The molecule has 0 aromatic heterocycles. The zero-order valence-electron chi connectivity index (χ0n) is 8.57. The van der Waals surface area contributed by atoms with E-state index in [1.54, 1.807) is 0 Å². The second kappa shape index (κ2) is 6.61. The third-order valence-corrected chi connectivity index (χ3v) is 2.64. The lowest BCUT2D eigenvalue weighted by Crippen LogP contribution is -2.08. The number of carbonyl (C=O) groups is 1. The monoisotopic (exact) mass is 316 g/mol. The molecule has 0 heterocycles. The van der Waals surface area contributed by atoms with Crippen molar-refractivity contribution in [2.45, 2.75) is 6.92 Å². The fourth-order valence-electron chi connectivity index (χ4n) is 1.13. The summed E-state index contributed by atoms with van der Waals surface area (Å²) in [5, 5.41) is 0. The van der Waals surface area contributed by atoms with Crippen LogP contribution in [0, 0.1) is 0 Å². The fourth-order valence-corrected chi connectivity index (χ4v) is 1.66. The molecule has 0 saturated carbocycles. The minimum absolute atomic E-state index is 0.226. The Kier molecular flexibility index (Phi) is 5.39. The van der Waals surface area contributed by atoms with Crippen molar-refractivity contribution in [3.63, 3.8) is 0 Å². The molecule has 80 valence electrons. The van der Waals surface area contributed by atoms with E-state index < -0.39 is 0 Å². The first-order chi connectivity index (χ1) is 7.27. The van der Waals surface area contributed by atoms with Crippen molar-refractivity contribution in [3.8, 4) is 0 Å². The van der Waals surface area contributed by atoms with Crippen LogP contribution in [0.2, 0.25) is 0 Å². The zero-order chi connectivity index (χ0) is 11.1. The first-order valence-electron chi connectivity index (χ1n) is 4.76. The van der Waals surface area contributed by atoms with Gasteiger partial charge in [0.2, 0.25) is 0 Å². The summed E-state index contributed by atoms with van der Waals surface area (Å²) in [6, 6.07) is 9.77. The van der Waals surface area contributed by atoms with Gasteiger partial charge in [0, 0.05) is 10.0 Å². The maximum atomic E-state index is 11.5. The molecule has 0 atom stereocenters. The number of rotatable bonds is 4. The minimum Gasteiger partial charge on any atom is -0.463 e. The van der Waals surface area contributed by atoms with Crippen LogP contribution in [0.1, 0.15) is 12.5 Å². The summed E-state index contributed by atoms with van der Waals surface area (Å²) < 4.78 is 5.61. The van der Waals surface area contributed by atoms with Crippen LogP contribution in [0.3, 0.4) is 0 Å². The Balaban J connectivity index is 2.83. The van der Waals surface area contributed by atoms with Gasteiger partial charge in [-0.05, 0) is 18.6 Å². The topological polar surface area (TPSA) is 26.3 Å². The maximum Gasteiger partial charge on any atom is 0.334 e. The van der Waals surface area contributed by atoms with Crippen LogP contribution >= 0.6 is 22.6 Å². The molecule has 0 amide bonds. The van der Waals surface area contributed by atoms with Gasteiger partial charge >= 0.3 is 5.97 Å². The molecule has 2 nitrogen and oxygen atoms in total. The van der Waals surface area contributed by atoms with Crippen LogP contribution in [-0.4, -0.2) is 17.0 Å². The third-order valence-electron chi connectivity index (χ3n) is 1.82. The van der Waals surface area contributed by atoms with Crippen molar-refractivity contribution in [1.29, 1.82) is 0 Å². The van der Waals surface area contributed by atoms with Crippen LogP contribution in [0.15, 0.2) is 35.9 Å². The second-order valence-corrected chi connectivity index (χ2v) is 3.70. The van der Waals surface area contributed by atoms with Gasteiger partial charge in [-0.25, -0.2) is 4.79 Å². The van der Waals surface area contributed by atoms with E-state index in [-0.39, 0.29) is 5.97 Å². The Hall–Kier alpha value is -0.840. The number of carbonyl (C=O) groups excluding carboxylic acids is 1. The lowest BCUT2D eigenvalue weighted by atomic mass is 10.1. The average Bonchev–Trinajstić information content (AvgIpc) is 2.27. The number of hydrogen-bond acceptors (Lipinski definition) is 2. The van der Waals surface area contributed by atoms with E-state index in [0.717, 1.165) is 5.56 Å². The van der Waals surface area contributed by atoms with E-state index in [0.29, 0.717) is 16.6 Å². The number of halogens is 1. The first kappa shape index (κ1) is 12.2. The van der Waals surface area contributed by atoms with Crippen LogP contribution in [0.4, 0.5) is 0 Å². The van der Waals surface area contributed by atoms with Crippen molar-refractivity contribution >= 4 is 34.6 Å². The molecule has 1 aromatic carbocycles. The predicted octanol–water partition coefficient (Wildman–Crippen LogP) is 3.07. The van der Waals surface area contributed by atoms with E-state index in [1.807, 2.05) is 43.3 Å².